The molecule has 1 unspecified atom stereocenters. The maximum absolute atomic E-state index is 13.3. The van der Waals surface area contributed by atoms with Crippen LogP contribution in [-0.2, 0) is 16.1 Å². The summed E-state index contributed by atoms with van der Waals surface area (Å²) in [5.41, 5.74) is 2.35. The van der Waals surface area contributed by atoms with E-state index >= 15 is 0 Å². The molecule has 32 heavy (non-hydrogen) atoms. The number of aryl methyl sites for hydroxylation is 2. The van der Waals surface area contributed by atoms with Gasteiger partial charge in [-0.05, 0) is 75.9 Å². The third-order valence-corrected chi connectivity index (χ3v) is 5.65. The Morgan fingerprint density at radius 3 is 2.34 bits per heavy atom. The first-order chi connectivity index (χ1) is 14.9. The fraction of sp³-hybridized carbons (Fsp3) is 0.440. The first-order valence-corrected chi connectivity index (χ1v) is 11.4. The van der Waals surface area contributed by atoms with Crippen molar-refractivity contribution in [1.29, 1.82) is 0 Å². The topological polar surface area (TPSA) is 58.6 Å². The second kappa shape index (κ2) is 11.1. The molecule has 0 aliphatic heterocycles. The first kappa shape index (κ1) is 26.0. The number of rotatable bonds is 8. The maximum Gasteiger partial charge on any atom is 0.261 e. The molecule has 0 aliphatic carbocycles. The average molecular weight is 479 g/mol. The van der Waals surface area contributed by atoms with Crippen LogP contribution in [0.4, 0.5) is 0 Å². The summed E-state index contributed by atoms with van der Waals surface area (Å²) in [5, 5.41) is 3.81. The molecule has 5 nitrogen and oxygen atoms in total. The second-order valence-electron chi connectivity index (χ2n) is 8.99. The van der Waals surface area contributed by atoms with Crippen molar-refractivity contribution in [3.8, 4) is 5.75 Å². The summed E-state index contributed by atoms with van der Waals surface area (Å²) in [6.07, 6.45) is 0.457. The summed E-state index contributed by atoms with van der Waals surface area (Å²) in [6.45, 7) is 11.5. The van der Waals surface area contributed by atoms with Crippen molar-refractivity contribution in [2.45, 2.75) is 66.1 Å². The summed E-state index contributed by atoms with van der Waals surface area (Å²) in [5.74, 6) is 0.160. The molecule has 0 saturated carbocycles. The summed E-state index contributed by atoms with van der Waals surface area (Å²) >= 11 is 12.2. The van der Waals surface area contributed by atoms with Gasteiger partial charge in [-0.25, -0.2) is 0 Å². The van der Waals surface area contributed by atoms with E-state index in [1.165, 1.54) is 0 Å². The van der Waals surface area contributed by atoms with E-state index < -0.39 is 11.6 Å². The van der Waals surface area contributed by atoms with Crippen LogP contribution in [0.3, 0.4) is 0 Å². The number of nitrogens with one attached hydrogen (secondary N) is 1. The summed E-state index contributed by atoms with van der Waals surface area (Å²) in [4.78, 5) is 27.9. The van der Waals surface area contributed by atoms with Gasteiger partial charge in [0.2, 0.25) is 5.91 Å². The smallest absolute Gasteiger partial charge is 0.261 e. The number of ether oxygens (including phenoxy) is 1. The van der Waals surface area contributed by atoms with Crippen molar-refractivity contribution in [2.24, 2.45) is 0 Å². The number of hydrogen-bond donors (Lipinski definition) is 1. The van der Waals surface area contributed by atoms with Crippen LogP contribution in [0.1, 0.15) is 50.8 Å². The lowest BCUT2D eigenvalue weighted by molar-refractivity contribution is -0.143. The molecular formula is C25H32Cl2N2O3. The van der Waals surface area contributed by atoms with Gasteiger partial charge in [-0.2, -0.15) is 0 Å². The molecule has 2 amide bonds. The Kier molecular flexibility index (Phi) is 8.99. The fourth-order valence-corrected chi connectivity index (χ4v) is 3.61. The normalized spacial score (nSPS) is 12.2. The van der Waals surface area contributed by atoms with Gasteiger partial charge in [0, 0.05) is 12.1 Å². The number of amides is 2. The lowest BCUT2D eigenvalue weighted by atomic mass is 10.1. The van der Waals surface area contributed by atoms with Crippen molar-refractivity contribution in [3.05, 3.63) is 63.1 Å². The molecule has 174 valence electrons. The van der Waals surface area contributed by atoms with Gasteiger partial charge < -0.3 is 15.0 Å². The quantitative estimate of drug-likeness (QED) is 0.528. The molecule has 0 fully saturated rings. The van der Waals surface area contributed by atoms with Crippen molar-refractivity contribution in [2.75, 3.05) is 6.61 Å². The number of carbonyl (C=O) groups excluding carboxylic acids is 2. The summed E-state index contributed by atoms with van der Waals surface area (Å²) in [7, 11) is 0. The Morgan fingerprint density at radius 2 is 1.75 bits per heavy atom. The van der Waals surface area contributed by atoms with Crippen LogP contribution in [0.15, 0.2) is 36.4 Å². The highest BCUT2D eigenvalue weighted by Crippen LogP contribution is 2.25. The van der Waals surface area contributed by atoms with Crippen molar-refractivity contribution < 1.29 is 14.3 Å². The molecule has 0 heterocycles. The molecule has 2 aromatic carbocycles. The molecule has 0 radical (unpaired) electrons. The molecule has 0 spiro atoms. The van der Waals surface area contributed by atoms with Crippen LogP contribution in [0, 0.1) is 13.8 Å². The van der Waals surface area contributed by atoms with E-state index in [1.807, 2.05) is 59.7 Å². The molecule has 0 bridgehead atoms. The molecule has 2 aromatic rings. The SMILES string of the molecule is CCC(C(=O)NC(C)(C)C)N(Cc1ccc(Cl)c(Cl)c1)C(=O)COc1cc(C)ccc1C. The molecule has 2 rings (SSSR count). The number of carbonyl (C=O) groups is 2. The molecule has 0 aromatic heterocycles. The van der Waals surface area contributed by atoms with Crippen molar-refractivity contribution in [1.82, 2.24) is 10.2 Å². The van der Waals surface area contributed by atoms with Crippen LogP contribution in [-0.4, -0.2) is 34.9 Å². The first-order valence-electron chi connectivity index (χ1n) is 10.7. The summed E-state index contributed by atoms with van der Waals surface area (Å²) in [6, 6.07) is 10.4. The van der Waals surface area contributed by atoms with Gasteiger partial charge in [-0.15, -0.1) is 0 Å². The van der Waals surface area contributed by atoms with Crippen molar-refractivity contribution >= 4 is 35.0 Å². The van der Waals surface area contributed by atoms with E-state index in [4.69, 9.17) is 27.9 Å². The zero-order chi connectivity index (χ0) is 24.1. The predicted molar refractivity (Wildman–Crippen MR) is 130 cm³/mol. The zero-order valence-corrected chi connectivity index (χ0v) is 21.1. The van der Waals surface area contributed by atoms with Crippen molar-refractivity contribution in [3.63, 3.8) is 0 Å². The zero-order valence-electron chi connectivity index (χ0n) is 19.6. The highest BCUT2D eigenvalue weighted by molar-refractivity contribution is 6.42. The van der Waals surface area contributed by atoms with E-state index in [1.54, 1.807) is 23.1 Å². The monoisotopic (exact) mass is 478 g/mol. The van der Waals surface area contributed by atoms with Gasteiger partial charge >= 0.3 is 0 Å². The van der Waals surface area contributed by atoms with Crippen LogP contribution in [0.5, 0.6) is 5.75 Å². The van der Waals surface area contributed by atoms with E-state index in [0.29, 0.717) is 22.2 Å². The molecule has 1 N–H and O–H groups in total. The predicted octanol–water partition coefficient (Wildman–Crippen LogP) is 5.71. The fourth-order valence-electron chi connectivity index (χ4n) is 3.29. The second-order valence-corrected chi connectivity index (χ2v) is 9.81. The number of hydrogen-bond acceptors (Lipinski definition) is 3. The van der Waals surface area contributed by atoms with Crippen LogP contribution < -0.4 is 10.1 Å². The third kappa shape index (κ3) is 7.42. The Hall–Kier alpha value is -2.24. The van der Waals surface area contributed by atoms with Gasteiger partial charge in [-0.3, -0.25) is 9.59 Å². The van der Waals surface area contributed by atoms with E-state index in [0.717, 1.165) is 16.7 Å². The van der Waals surface area contributed by atoms with Gasteiger partial charge in [0.1, 0.15) is 11.8 Å². The Bertz CT molecular complexity index is 970. The molecule has 0 aliphatic rings. The minimum Gasteiger partial charge on any atom is -0.483 e. The lowest BCUT2D eigenvalue weighted by Crippen LogP contribution is -2.54. The van der Waals surface area contributed by atoms with Gasteiger partial charge in [0.05, 0.1) is 10.0 Å². The van der Waals surface area contributed by atoms with Crippen LogP contribution in [0.25, 0.3) is 0 Å². The maximum atomic E-state index is 13.3. The number of benzene rings is 2. The Morgan fingerprint density at radius 1 is 1.06 bits per heavy atom. The highest BCUT2D eigenvalue weighted by Gasteiger charge is 2.31. The largest absolute Gasteiger partial charge is 0.483 e. The Labute approximate surface area is 201 Å². The van der Waals surface area contributed by atoms with E-state index in [2.05, 4.69) is 5.32 Å². The van der Waals surface area contributed by atoms with Gasteiger partial charge in [-0.1, -0.05) is 48.3 Å². The Balaban J connectivity index is 2.30. The average Bonchev–Trinajstić information content (AvgIpc) is 2.69. The molecule has 0 saturated heterocycles. The lowest BCUT2D eigenvalue weighted by Gasteiger charge is -2.33. The summed E-state index contributed by atoms with van der Waals surface area (Å²) < 4.78 is 5.85. The van der Waals surface area contributed by atoms with Gasteiger partial charge in [0.25, 0.3) is 5.91 Å². The van der Waals surface area contributed by atoms with Crippen LogP contribution in [0.2, 0.25) is 10.0 Å². The standard InChI is InChI=1S/C25H32Cl2N2O3/c1-7-21(24(31)28-25(4,5)6)29(14-18-10-11-19(26)20(27)13-18)23(30)15-32-22-12-16(2)8-9-17(22)3/h8-13,21H,7,14-15H2,1-6H3,(H,28,31). The minimum atomic E-state index is -0.654. The molecule has 7 heteroatoms. The van der Waals surface area contributed by atoms with E-state index in [9.17, 15) is 9.59 Å². The molecular weight excluding hydrogens is 447 g/mol. The molecule has 1 atom stereocenters. The van der Waals surface area contributed by atoms with Crippen LogP contribution >= 0.6 is 23.2 Å². The van der Waals surface area contributed by atoms with E-state index in [-0.39, 0.29) is 25.0 Å². The highest BCUT2D eigenvalue weighted by atomic mass is 35.5. The number of nitrogens with zero attached hydrogens (tertiary/aromatic N) is 1. The van der Waals surface area contributed by atoms with Gasteiger partial charge in [0.15, 0.2) is 6.61 Å². The third-order valence-electron chi connectivity index (χ3n) is 4.92. The number of halogens is 2. The minimum absolute atomic E-state index is 0.176.